The molecule has 0 aliphatic carbocycles. The third kappa shape index (κ3) is 5.35. The van der Waals surface area contributed by atoms with Gasteiger partial charge in [0.05, 0.1) is 12.1 Å². The van der Waals surface area contributed by atoms with E-state index >= 15 is 0 Å². The van der Waals surface area contributed by atoms with Crippen LogP contribution in [0.15, 0.2) is 18.5 Å². The summed E-state index contributed by atoms with van der Waals surface area (Å²) < 4.78 is 5.54. The number of piperidine rings is 1. The summed E-state index contributed by atoms with van der Waals surface area (Å²) in [7, 11) is 0. The van der Waals surface area contributed by atoms with Gasteiger partial charge in [-0.2, -0.15) is 0 Å². The largest absolute Gasteiger partial charge is 0.444 e. The van der Waals surface area contributed by atoms with Crippen LogP contribution < -0.4 is 15.5 Å². The normalized spacial score (nSPS) is 19.6. The van der Waals surface area contributed by atoms with E-state index in [4.69, 9.17) is 9.72 Å². The van der Waals surface area contributed by atoms with Gasteiger partial charge in [0.15, 0.2) is 5.82 Å². The molecule has 1 atom stereocenters. The summed E-state index contributed by atoms with van der Waals surface area (Å²) in [4.78, 5) is 41.7. The number of hydrogen-bond acceptors (Lipinski definition) is 8. The van der Waals surface area contributed by atoms with E-state index in [2.05, 4.69) is 20.6 Å². The van der Waals surface area contributed by atoms with Crippen molar-refractivity contribution in [2.75, 3.05) is 49.5 Å². The first-order valence-corrected chi connectivity index (χ1v) is 11.1. The lowest BCUT2D eigenvalue weighted by Crippen LogP contribution is -2.48. The van der Waals surface area contributed by atoms with Gasteiger partial charge >= 0.3 is 6.09 Å². The Morgan fingerprint density at radius 3 is 2.88 bits per heavy atom. The number of likely N-dealkylation sites (tertiary alicyclic amines) is 1. The molecule has 2 aliphatic rings. The summed E-state index contributed by atoms with van der Waals surface area (Å²) in [6.07, 6.45) is 4.99. The van der Waals surface area contributed by atoms with Crippen LogP contribution in [0.2, 0.25) is 0 Å². The lowest BCUT2D eigenvalue weighted by Gasteiger charge is -2.34. The van der Waals surface area contributed by atoms with E-state index in [1.165, 1.54) is 0 Å². The first kappa shape index (κ1) is 22.0. The highest BCUT2D eigenvalue weighted by Crippen LogP contribution is 2.25. The first-order chi connectivity index (χ1) is 15.3. The Kier molecular flexibility index (Phi) is 6.29. The summed E-state index contributed by atoms with van der Waals surface area (Å²) in [5.74, 6) is 1.60. The van der Waals surface area contributed by atoms with Crippen LogP contribution in [0.25, 0.3) is 11.0 Å². The predicted octanol–water partition coefficient (Wildman–Crippen LogP) is 2.02. The number of ether oxygens (including phenoxy) is 1. The fourth-order valence-electron chi connectivity index (χ4n) is 4.04. The van der Waals surface area contributed by atoms with Crippen LogP contribution in [0.3, 0.4) is 0 Å². The number of anilines is 2. The lowest BCUT2D eigenvalue weighted by molar-refractivity contribution is -0.120. The number of pyridine rings is 1. The lowest BCUT2D eigenvalue weighted by atomic mass is 9.98. The van der Waals surface area contributed by atoms with Gasteiger partial charge < -0.3 is 25.2 Å². The molecule has 2 fully saturated rings. The molecule has 172 valence electrons. The zero-order valence-corrected chi connectivity index (χ0v) is 18.9. The van der Waals surface area contributed by atoms with E-state index in [1.807, 2.05) is 31.7 Å². The van der Waals surface area contributed by atoms with Crippen molar-refractivity contribution in [3.8, 4) is 0 Å². The minimum Gasteiger partial charge on any atom is -0.444 e. The topological polar surface area (TPSA) is 113 Å². The highest BCUT2D eigenvalue weighted by molar-refractivity contribution is 5.89. The smallest absolute Gasteiger partial charge is 0.410 e. The van der Waals surface area contributed by atoms with Crippen molar-refractivity contribution in [1.29, 1.82) is 0 Å². The second-order valence-electron chi connectivity index (χ2n) is 9.34. The van der Waals surface area contributed by atoms with Crippen molar-refractivity contribution >= 4 is 34.7 Å². The third-order valence-electron chi connectivity index (χ3n) is 5.53. The van der Waals surface area contributed by atoms with E-state index in [1.54, 1.807) is 17.3 Å². The zero-order chi connectivity index (χ0) is 22.7. The van der Waals surface area contributed by atoms with Crippen LogP contribution in [0.4, 0.5) is 16.4 Å². The molecular formula is C22H31N7O3. The van der Waals surface area contributed by atoms with Crippen LogP contribution >= 0.6 is 0 Å². The Balaban J connectivity index is 1.47. The number of carbonyl (C=O) groups excluding carboxylic acids is 2. The van der Waals surface area contributed by atoms with Crippen LogP contribution in [0.1, 0.15) is 33.6 Å². The number of piperazine rings is 1. The van der Waals surface area contributed by atoms with E-state index in [-0.39, 0.29) is 24.5 Å². The van der Waals surface area contributed by atoms with E-state index in [9.17, 15) is 9.59 Å². The Morgan fingerprint density at radius 2 is 2.09 bits per heavy atom. The molecule has 0 bridgehead atoms. The SMILES string of the molecule is CC(C)(C)OC(=O)N1CCCC(CNc2nc(N3CCNC(=O)C3)cc3nccnc23)C1. The molecule has 32 heavy (non-hydrogen) atoms. The summed E-state index contributed by atoms with van der Waals surface area (Å²) in [5, 5.41) is 6.27. The van der Waals surface area contributed by atoms with Crippen molar-refractivity contribution in [3.05, 3.63) is 18.5 Å². The van der Waals surface area contributed by atoms with Crippen molar-refractivity contribution < 1.29 is 14.3 Å². The van der Waals surface area contributed by atoms with E-state index in [0.717, 1.165) is 18.4 Å². The molecule has 2 saturated heterocycles. The van der Waals surface area contributed by atoms with Crippen molar-refractivity contribution in [1.82, 2.24) is 25.2 Å². The number of fused-ring (bicyclic) bond motifs is 1. The van der Waals surface area contributed by atoms with Crippen LogP contribution in [-0.2, 0) is 9.53 Å². The fraction of sp³-hybridized carbons (Fsp3) is 0.591. The van der Waals surface area contributed by atoms with E-state index < -0.39 is 5.60 Å². The average Bonchev–Trinajstić information content (AvgIpc) is 2.76. The van der Waals surface area contributed by atoms with Crippen molar-refractivity contribution in [3.63, 3.8) is 0 Å². The molecule has 10 heteroatoms. The molecule has 1 unspecified atom stereocenters. The molecule has 0 saturated carbocycles. The van der Waals surface area contributed by atoms with Crippen LogP contribution in [-0.4, -0.2) is 76.7 Å². The first-order valence-electron chi connectivity index (χ1n) is 11.1. The molecule has 2 aliphatic heterocycles. The van der Waals surface area contributed by atoms with Gasteiger partial charge in [-0.25, -0.2) is 14.8 Å². The number of nitrogens with one attached hydrogen (secondary N) is 2. The van der Waals surface area contributed by atoms with Crippen molar-refractivity contribution in [2.24, 2.45) is 5.92 Å². The number of hydrogen-bond donors (Lipinski definition) is 2. The second-order valence-corrected chi connectivity index (χ2v) is 9.34. The monoisotopic (exact) mass is 441 g/mol. The standard InChI is InChI=1S/C22H31N7O3/c1-22(2,3)32-21(31)29-9-4-5-15(13-29)12-26-20-19-16(23-6-7-25-19)11-17(27-20)28-10-8-24-18(30)14-28/h6-7,11,15H,4-5,8-10,12-14H2,1-3H3,(H,24,30)(H,26,27). The quantitative estimate of drug-likeness (QED) is 0.741. The molecular weight excluding hydrogens is 410 g/mol. The Hall–Kier alpha value is -3.17. The number of aromatic nitrogens is 3. The van der Waals surface area contributed by atoms with Gasteiger partial charge in [-0.15, -0.1) is 0 Å². The minimum atomic E-state index is -0.504. The molecule has 10 nitrogen and oxygen atoms in total. The summed E-state index contributed by atoms with van der Waals surface area (Å²) >= 11 is 0. The maximum absolute atomic E-state index is 12.5. The summed E-state index contributed by atoms with van der Waals surface area (Å²) in [6, 6.07) is 1.87. The van der Waals surface area contributed by atoms with Gasteiger partial charge in [0.1, 0.15) is 16.9 Å². The molecule has 0 spiro atoms. The Morgan fingerprint density at radius 1 is 1.28 bits per heavy atom. The highest BCUT2D eigenvalue weighted by Gasteiger charge is 2.28. The maximum atomic E-state index is 12.5. The van der Waals surface area contributed by atoms with Gasteiger partial charge in [0.25, 0.3) is 0 Å². The van der Waals surface area contributed by atoms with Gasteiger partial charge in [-0.3, -0.25) is 9.78 Å². The third-order valence-corrected chi connectivity index (χ3v) is 5.53. The number of amides is 2. The maximum Gasteiger partial charge on any atom is 0.410 e. The van der Waals surface area contributed by atoms with Crippen LogP contribution in [0, 0.1) is 5.92 Å². The highest BCUT2D eigenvalue weighted by atomic mass is 16.6. The molecule has 2 aromatic rings. The molecule has 2 N–H and O–H groups in total. The van der Waals surface area contributed by atoms with E-state index in [0.29, 0.717) is 49.9 Å². The number of rotatable bonds is 4. The summed E-state index contributed by atoms with van der Waals surface area (Å²) in [6.45, 7) is 9.19. The van der Waals surface area contributed by atoms with Crippen LogP contribution in [0.5, 0.6) is 0 Å². The zero-order valence-electron chi connectivity index (χ0n) is 18.9. The molecule has 2 aromatic heterocycles. The molecule has 2 amide bonds. The van der Waals surface area contributed by atoms with Crippen molar-refractivity contribution in [2.45, 2.75) is 39.2 Å². The molecule has 0 aromatic carbocycles. The fourth-order valence-corrected chi connectivity index (χ4v) is 4.04. The Bertz CT molecular complexity index is 991. The predicted molar refractivity (Wildman–Crippen MR) is 122 cm³/mol. The molecule has 4 rings (SSSR count). The molecule has 0 radical (unpaired) electrons. The Labute approximate surface area is 187 Å². The number of nitrogens with zero attached hydrogens (tertiary/aromatic N) is 5. The van der Waals surface area contributed by atoms with Gasteiger partial charge in [-0.05, 0) is 39.5 Å². The van der Waals surface area contributed by atoms with Gasteiger partial charge in [-0.1, -0.05) is 0 Å². The van der Waals surface area contributed by atoms with Gasteiger partial charge in [0.2, 0.25) is 5.91 Å². The number of carbonyl (C=O) groups is 2. The second kappa shape index (κ2) is 9.13. The minimum absolute atomic E-state index is 0.0174. The average molecular weight is 442 g/mol. The summed E-state index contributed by atoms with van der Waals surface area (Å²) in [5.41, 5.74) is 0.915. The molecule has 4 heterocycles. The van der Waals surface area contributed by atoms with Gasteiger partial charge in [0, 0.05) is 51.2 Å².